The summed E-state index contributed by atoms with van der Waals surface area (Å²) in [4.78, 5) is 10.9. The Labute approximate surface area is 103 Å². The minimum Gasteiger partial charge on any atom is -0.366 e. The lowest BCUT2D eigenvalue weighted by atomic mass is 10.1. The molecule has 0 aromatic heterocycles. The van der Waals surface area contributed by atoms with Gasteiger partial charge in [0.15, 0.2) is 0 Å². The predicted molar refractivity (Wildman–Crippen MR) is 70.8 cm³/mol. The van der Waals surface area contributed by atoms with Crippen molar-refractivity contribution in [1.82, 2.24) is 5.32 Å². The lowest BCUT2D eigenvalue weighted by Crippen LogP contribution is -2.25. The van der Waals surface area contributed by atoms with Crippen molar-refractivity contribution in [3.8, 4) is 0 Å². The molecule has 0 saturated carbocycles. The molecule has 0 aliphatic rings. The summed E-state index contributed by atoms with van der Waals surface area (Å²) in [6.45, 7) is 5.24. The molecule has 17 heavy (non-hydrogen) atoms. The zero-order valence-corrected chi connectivity index (χ0v) is 10.7. The fourth-order valence-corrected chi connectivity index (χ4v) is 1.69. The van der Waals surface area contributed by atoms with Gasteiger partial charge in [-0.25, -0.2) is 0 Å². The number of nitrogens with two attached hydrogens (primary N) is 1. The van der Waals surface area contributed by atoms with Crippen LogP contribution in [-0.2, 0) is 6.54 Å². The van der Waals surface area contributed by atoms with Crippen molar-refractivity contribution in [3.05, 3.63) is 35.4 Å². The van der Waals surface area contributed by atoms with Crippen LogP contribution in [0.4, 0.5) is 0 Å². The zero-order valence-electron chi connectivity index (χ0n) is 10.7. The summed E-state index contributed by atoms with van der Waals surface area (Å²) in [5.41, 5.74) is 6.93. The Kier molecular flexibility index (Phi) is 5.70. The zero-order chi connectivity index (χ0) is 12.7. The number of carbonyl (C=O) groups is 1. The molecular weight excluding hydrogens is 212 g/mol. The van der Waals surface area contributed by atoms with E-state index in [0.717, 1.165) is 6.54 Å². The Morgan fingerprint density at radius 3 is 2.53 bits per heavy atom. The van der Waals surface area contributed by atoms with Crippen LogP contribution in [0.15, 0.2) is 24.3 Å². The molecule has 0 radical (unpaired) electrons. The summed E-state index contributed by atoms with van der Waals surface area (Å²) in [7, 11) is 0. The quantitative estimate of drug-likeness (QED) is 0.761. The van der Waals surface area contributed by atoms with Crippen LogP contribution in [0, 0.1) is 0 Å². The van der Waals surface area contributed by atoms with Gasteiger partial charge in [0, 0.05) is 18.2 Å². The first kappa shape index (κ1) is 13.7. The van der Waals surface area contributed by atoms with E-state index in [0.29, 0.717) is 11.6 Å². The number of amides is 1. The molecule has 0 saturated heterocycles. The van der Waals surface area contributed by atoms with E-state index in [-0.39, 0.29) is 5.91 Å². The molecule has 1 unspecified atom stereocenters. The highest BCUT2D eigenvalue weighted by molar-refractivity contribution is 5.92. The monoisotopic (exact) mass is 234 g/mol. The number of hydrogen-bond acceptors (Lipinski definition) is 2. The second-order valence-corrected chi connectivity index (χ2v) is 4.49. The van der Waals surface area contributed by atoms with E-state index < -0.39 is 0 Å². The van der Waals surface area contributed by atoms with Crippen molar-refractivity contribution in [2.24, 2.45) is 5.73 Å². The first-order valence-corrected chi connectivity index (χ1v) is 6.25. The summed E-state index contributed by atoms with van der Waals surface area (Å²) < 4.78 is 0. The number of rotatable bonds is 7. The van der Waals surface area contributed by atoms with Gasteiger partial charge < -0.3 is 11.1 Å². The minimum atomic E-state index is -0.374. The molecule has 94 valence electrons. The third-order valence-electron chi connectivity index (χ3n) is 2.88. The van der Waals surface area contributed by atoms with Gasteiger partial charge in [-0.3, -0.25) is 4.79 Å². The molecule has 0 aliphatic carbocycles. The fourth-order valence-electron chi connectivity index (χ4n) is 1.69. The van der Waals surface area contributed by atoms with Crippen LogP contribution in [0.3, 0.4) is 0 Å². The fraction of sp³-hybridized carbons (Fsp3) is 0.500. The van der Waals surface area contributed by atoms with Crippen molar-refractivity contribution >= 4 is 5.91 Å². The van der Waals surface area contributed by atoms with Crippen molar-refractivity contribution in [3.63, 3.8) is 0 Å². The molecule has 3 nitrogen and oxygen atoms in total. The van der Waals surface area contributed by atoms with Gasteiger partial charge in [-0.15, -0.1) is 0 Å². The highest BCUT2D eigenvalue weighted by Crippen LogP contribution is 2.05. The smallest absolute Gasteiger partial charge is 0.248 e. The normalized spacial score (nSPS) is 12.4. The third kappa shape index (κ3) is 5.00. The highest BCUT2D eigenvalue weighted by Gasteiger charge is 2.02. The number of hydrogen-bond donors (Lipinski definition) is 2. The molecule has 0 bridgehead atoms. The van der Waals surface area contributed by atoms with E-state index in [9.17, 15) is 4.79 Å². The molecule has 1 rings (SSSR count). The van der Waals surface area contributed by atoms with Gasteiger partial charge in [0.1, 0.15) is 0 Å². The average molecular weight is 234 g/mol. The van der Waals surface area contributed by atoms with Gasteiger partial charge in [0.2, 0.25) is 5.91 Å². The minimum absolute atomic E-state index is 0.374. The molecule has 0 fully saturated rings. The van der Waals surface area contributed by atoms with Gasteiger partial charge >= 0.3 is 0 Å². The maximum Gasteiger partial charge on any atom is 0.248 e. The van der Waals surface area contributed by atoms with E-state index in [1.807, 2.05) is 12.1 Å². The molecule has 1 amide bonds. The van der Waals surface area contributed by atoms with Gasteiger partial charge in [-0.2, -0.15) is 0 Å². The van der Waals surface area contributed by atoms with Gasteiger partial charge in [-0.1, -0.05) is 31.9 Å². The standard InChI is InChI=1S/C14H22N2O/c1-3-4-5-11(2)16-10-12-6-8-13(9-7-12)14(15)17/h6-9,11,16H,3-5,10H2,1-2H3,(H2,15,17). The summed E-state index contributed by atoms with van der Waals surface area (Å²) in [5, 5.41) is 3.47. The summed E-state index contributed by atoms with van der Waals surface area (Å²) in [5.74, 6) is -0.374. The van der Waals surface area contributed by atoms with E-state index in [4.69, 9.17) is 5.73 Å². The summed E-state index contributed by atoms with van der Waals surface area (Å²) in [6.07, 6.45) is 3.70. The van der Waals surface area contributed by atoms with Crippen LogP contribution in [0.5, 0.6) is 0 Å². The number of primary amides is 1. The van der Waals surface area contributed by atoms with E-state index in [1.54, 1.807) is 12.1 Å². The molecule has 3 N–H and O–H groups in total. The van der Waals surface area contributed by atoms with Crippen molar-refractivity contribution in [2.45, 2.75) is 45.7 Å². The average Bonchev–Trinajstić information content (AvgIpc) is 2.34. The van der Waals surface area contributed by atoms with Gasteiger partial charge in [0.25, 0.3) is 0 Å². The van der Waals surface area contributed by atoms with E-state index >= 15 is 0 Å². The molecule has 0 aliphatic heterocycles. The Bertz CT molecular complexity index is 346. The van der Waals surface area contributed by atoms with E-state index in [2.05, 4.69) is 19.2 Å². The van der Waals surface area contributed by atoms with Crippen LogP contribution in [0.25, 0.3) is 0 Å². The van der Waals surface area contributed by atoms with Gasteiger partial charge in [-0.05, 0) is 31.0 Å². The summed E-state index contributed by atoms with van der Waals surface area (Å²) >= 11 is 0. The Morgan fingerprint density at radius 2 is 2.00 bits per heavy atom. The van der Waals surface area contributed by atoms with Crippen molar-refractivity contribution in [1.29, 1.82) is 0 Å². The van der Waals surface area contributed by atoms with Crippen molar-refractivity contribution in [2.75, 3.05) is 0 Å². The maximum atomic E-state index is 10.9. The molecule has 1 atom stereocenters. The first-order valence-electron chi connectivity index (χ1n) is 6.25. The van der Waals surface area contributed by atoms with Gasteiger partial charge in [0.05, 0.1) is 0 Å². The van der Waals surface area contributed by atoms with E-state index in [1.165, 1.54) is 24.8 Å². The molecule has 1 aromatic rings. The molecule has 1 aromatic carbocycles. The largest absolute Gasteiger partial charge is 0.366 e. The number of nitrogens with one attached hydrogen (secondary N) is 1. The molecule has 0 heterocycles. The number of carbonyl (C=O) groups excluding carboxylic acids is 1. The maximum absolute atomic E-state index is 10.9. The Hall–Kier alpha value is -1.35. The van der Waals surface area contributed by atoms with Crippen LogP contribution in [-0.4, -0.2) is 11.9 Å². The highest BCUT2D eigenvalue weighted by atomic mass is 16.1. The second kappa shape index (κ2) is 7.07. The first-order chi connectivity index (χ1) is 8.13. The number of unbranched alkanes of at least 4 members (excludes halogenated alkanes) is 1. The van der Waals surface area contributed by atoms with Crippen LogP contribution >= 0.6 is 0 Å². The molecule has 0 spiro atoms. The lowest BCUT2D eigenvalue weighted by Gasteiger charge is -2.13. The second-order valence-electron chi connectivity index (χ2n) is 4.49. The van der Waals surface area contributed by atoms with Crippen LogP contribution in [0.1, 0.15) is 49.0 Å². The van der Waals surface area contributed by atoms with Crippen LogP contribution < -0.4 is 11.1 Å². The summed E-state index contributed by atoms with van der Waals surface area (Å²) in [6, 6.07) is 7.97. The van der Waals surface area contributed by atoms with Crippen LogP contribution in [0.2, 0.25) is 0 Å². The molecule has 3 heteroatoms. The SMILES string of the molecule is CCCCC(C)NCc1ccc(C(N)=O)cc1. The topological polar surface area (TPSA) is 55.1 Å². The number of benzene rings is 1. The Morgan fingerprint density at radius 1 is 1.35 bits per heavy atom. The molecular formula is C14H22N2O. The third-order valence-corrected chi connectivity index (χ3v) is 2.88. The Balaban J connectivity index is 2.39. The predicted octanol–water partition coefficient (Wildman–Crippen LogP) is 2.45. The van der Waals surface area contributed by atoms with Crippen molar-refractivity contribution < 1.29 is 4.79 Å². The lowest BCUT2D eigenvalue weighted by molar-refractivity contribution is 0.100.